The summed E-state index contributed by atoms with van der Waals surface area (Å²) in [7, 11) is 1.22. The van der Waals surface area contributed by atoms with Gasteiger partial charge in [-0.25, -0.2) is 4.79 Å². The molecule has 0 fully saturated rings. The highest BCUT2D eigenvalue weighted by molar-refractivity contribution is 5.84. The van der Waals surface area contributed by atoms with Crippen molar-refractivity contribution in [3.05, 3.63) is 12.7 Å². The Balaban J connectivity index is 4.15. The van der Waals surface area contributed by atoms with Crippen LogP contribution in [0, 0.1) is 0 Å². The molecule has 0 aromatic carbocycles. The molecule has 0 aliphatic heterocycles. The van der Waals surface area contributed by atoms with Crippen LogP contribution in [0.1, 0.15) is 25.7 Å². The second-order valence-corrected chi connectivity index (χ2v) is 3.40. The topological polar surface area (TPSA) is 92.7 Å². The zero-order valence-electron chi connectivity index (χ0n) is 9.77. The van der Waals surface area contributed by atoms with Crippen molar-refractivity contribution in [3.63, 3.8) is 0 Å². The Hall–Kier alpha value is -1.85. The smallest absolute Gasteiger partial charge is 0.326 e. The van der Waals surface area contributed by atoms with Gasteiger partial charge in [0, 0.05) is 12.8 Å². The SMILES string of the molecule is C=CCCC(=O)N[C@@H](CCC(=O)OC)C(=O)O. The van der Waals surface area contributed by atoms with E-state index in [-0.39, 0.29) is 25.2 Å². The number of carbonyl (C=O) groups excluding carboxylic acids is 2. The minimum atomic E-state index is -1.17. The monoisotopic (exact) mass is 243 g/mol. The molecule has 0 saturated heterocycles. The number of rotatable bonds is 8. The number of amides is 1. The van der Waals surface area contributed by atoms with Gasteiger partial charge in [-0.2, -0.15) is 0 Å². The third kappa shape index (κ3) is 7.10. The highest BCUT2D eigenvalue weighted by atomic mass is 16.5. The summed E-state index contributed by atoms with van der Waals surface area (Å²) in [5.41, 5.74) is 0. The fourth-order valence-corrected chi connectivity index (χ4v) is 1.12. The Kier molecular flexibility index (Phi) is 7.41. The Morgan fingerprint density at radius 3 is 2.53 bits per heavy atom. The van der Waals surface area contributed by atoms with Crippen LogP contribution in [-0.2, 0) is 19.1 Å². The molecule has 1 amide bonds. The zero-order valence-corrected chi connectivity index (χ0v) is 9.77. The van der Waals surface area contributed by atoms with E-state index in [9.17, 15) is 14.4 Å². The van der Waals surface area contributed by atoms with Crippen LogP contribution < -0.4 is 5.32 Å². The van der Waals surface area contributed by atoms with Gasteiger partial charge in [0.25, 0.3) is 0 Å². The van der Waals surface area contributed by atoms with Gasteiger partial charge < -0.3 is 15.2 Å². The molecule has 0 radical (unpaired) electrons. The van der Waals surface area contributed by atoms with Crippen LogP contribution in [0.5, 0.6) is 0 Å². The number of carboxylic acid groups (broad SMARTS) is 1. The lowest BCUT2D eigenvalue weighted by molar-refractivity contribution is -0.144. The van der Waals surface area contributed by atoms with Gasteiger partial charge in [-0.05, 0) is 12.8 Å². The number of nitrogens with one attached hydrogen (secondary N) is 1. The number of carbonyl (C=O) groups is 3. The van der Waals surface area contributed by atoms with E-state index in [2.05, 4.69) is 16.6 Å². The predicted octanol–water partition coefficient (Wildman–Crippen LogP) is 0.475. The van der Waals surface area contributed by atoms with Gasteiger partial charge in [-0.1, -0.05) is 6.08 Å². The van der Waals surface area contributed by atoms with Crippen LogP contribution in [0.15, 0.2) is 12.7 Å². The van der Waals surface area contributed by atoms with E-state index >= 15 is 0 Å². The van der Waals surface area contributed by atoms with Crippen LogP contribution in [0.2, 0.25) is 0 Å². The van der Waals surface area contributed by atoms with E-state index in [0.717, 1.165) is 0 Å². The largest absolute Gasteiger partial charge is 0.480 e. The van der Waals surface area contributed by atoms with Crippen molar-refractivity contribution < 1.29 is 24.2 Å². The molecule has 2 N–H and O–H groups in total. The summed E-state index contributed by atoms with van der Waals surface area (Å²) in [5.74, 6) is -2.04. The first-order valence-corrected chi connectivity index (χ1v) is 5.21. The number of carboxylic acids is 1. The van der Waals surface area contributed by atoms with Gasteiger partial charge in [0.2, 0.25) is 5.91 Å². The zero-order chi connectivity index (χ0) is 13.3. The second kappa shape index (κ2) is 8.32. The summed E-state index contributed by atoms with van der Waals surface area (Å²) in [6.07, 6.45) is 2.21. The molecule has 96 valence electrons. The highest BCUT2D eigenvalue weighted by Crippen LogP contribution is 2.01. The van der Waals surface area contributed by atoms with Crippen molar-refractivity contribution in [1.82, 2.24) is 5.32 Å². The van der Waals surface area contributed by atoms with E-state index in [1.165, 1.54) is 7.11 Å². The maximum Gasteiger partial charge on any atom is 0.326 e. The molecule has 0 aromatic rings. The third-order valence-corrected chi connectivity index (χ3v) is 2.07. The Bertz CT molecular complexity index is 300. The quantitative estimate of drug-likeness (QED) is 0.477. The lowest BCUT2D eigenvalue weighted by Gasteiger charge is -2.13. The number of aliphatic carboxylic acids is 1. The second-order valence-electron chi connectivity index (χ2n) is 3.40. The number of allylic oxidation sites excluding steroid dienone is 1. The summed E-state index contributed by atoms with van der Waals surface area (Å²) in [5, 5.41) is 11.2. The fraction of sp³-hybridized carbons (Fsp3) is 0.545. The van der Waals surface area contributed by atoms with Crippen LogP contribution in [-0.4, -0.2) is 36.1 Å². The van der Waals surface area contributed by atoms with Gasteiger partial charge in [0.15, 0.2) is 0 Å². The van der Waals surface area contributed by atoms with E-state index in [0.29, 0.717) is 6.42 Å². The number of methoxy groups -OCH3 is 1. The minimum Gasteiger partial charge on any atom is -0.480 e. The van der Waals surface area contributed by atoms with Gasteiger partial charge in [-0.3, -0.25) is 9.59 Å². The summed E-state index contributed by atoms with van der Waals surface area (Å²) in [6, 6.07) is -1.06. The molecule has 6 nitrogen and oxygen atoms in total. The molecule has 0 aliphatic carbocycles. The third-order valence-electron chi connectivity index (χ3n) is 2.07. The number of ether oxygens (including phenoxy) is 1. The average Bonchev–Trinajstić information content (AvgIpc) is 2.30. The van der Waals surface area contributed by atoms with Gasteiger partial charge in [0.05, 0.1) is 7.11 Å². The molecule has 0 rings (SSSR count). The Labute approximate surface area is 99.6 Å². The Morgan fingerprint density at radius 1 is 1.41 bits per heavy atom. The van der Waals surface area contributed by atoms with Crippen molar-refractivity contribution in [2.75, 3.05) is 7.11 Å². The average molecular weight is 243 g/mol. The van der Waals surface area contributed by atoms with Crippen molar-refractivity contribution in [1.29, 1.82) is 0 Å². The molecule has 0 heterocycles. The minimum absolute atomic E-state index is 0.0157. The first kappa shape index (κ1) is 15.2. The molecule has 0 bridgehead atoms. The van der Waals surface area contributed by atoms with Crippen molar-refractivity contribution in [2.24, 2.45) is 0 Å². The predicted molar refractivity (Wildman–Crippen MR) is 60.2 cm³/mol. The van der Waals surface area contributed by atoms with E-state index in [4.69, 9.17) is 5.11 Å². The van der Waals surface area contributed by atoms with Gasteiger partial charge >= 0.3 is 11.9 Å². The van der Waals surface area contributed by atoms with Crippen LogP contribution in [0.4, 0.5) is 0 Å². The van der Waals surface area contributed by atoms with E-state index in [1.54, 1.807) is 6.08 Å². The molecule has 0 unspecified atom stereocenters. The van der Waals surface area contributed by atoms with Crippen molar-refractivity contribution >= 4 is 17.8 Å². The number of hydrogen-bond acceptors (Lipinski definition) is 4. The van der Waals surface area contributed by atoms with Crippen LogP contribution in [0.3, 0.4) is 0 Å². The first-order chi connectivity index (χ1) is 8.01. The molecule has 1 atom stereocenters. The van der Waals surface area contributed by atoms with E-state index < -0.39 is 18.0 Å². The number of esters is 1. The van der Waals surface area contributed by atoms with Crippen LogP contribution in [0.25, 0.3) is 0 Å². The summed E-state index contributed by atoms with van der Waals surface area (Å²) in [4.78, 5) is 33.0. The lowest BCUT2D eigenvalue weighted by atomic mass is 10.1. The Morgan fingerprint density at radius 2 is 2.06 bits per heavy atom. The van der Waals surface area contributed by atoms with Crippen molar-refractivity contribution in [2.45, 2.75) is 31.7 Å². The van der Waals surface area contributed by atoms with Crippen LogP contribution >= 0.6 is 0 Å². The number of hydrogen-bond donors (Lipinski definition) is 2. The molecule has 0 saturated carbocycles. The highest BCUT2D eigenvalue weighted by Gasteiger charge is 2.20. The maximum atomic E-state index is 11.3. The molecule has 0 aromatic heterocycles. The van der Waals surface area contributed by atoms with Crippen molar-refractivity contribution in [3.8, 4) is 0 Å². The van der Waals surface area contributed by atoms with Gasteiger partial charge in [-0.15, -0.1) is 6.58 Å². The molecule has 0 aliphatic rings. The summed E-state index contributed by atoms with van der Waals surface area (Å²) >= 11 is 0. The summed E-state index contributed by atoms with van der Waals surface area (Å²) < 4.78 is 4.39. The van der Waals surface area contributed by atoms with E-state index in [1.807, 2.05) is 0 Å². The molecule has 0 spiro atoms. The van der Waals surface area contributed by atoms with Gasteiger partial charge in [0.1, 0.15) is 6.04 Å². The maximum absolute atomic E-state index is 11.3. The standard InChI is InChI=1S/C11H17NO5/c1-3-4-5-9(13)12-8(11(15)16)6-7-10(14)17-2/h3,8H,1,4-7H2,2H3,(H,12,13)(H,15,16)/t8-/m0/s1. The normalized spacial score (nSPS) is 11.4. The molecular weight excluding hydrogens is 226 g/mol. The lowest BCUT2D eigenvalue weighted by Crippen LogP contribution is -2.41. The fourth-order valence-electron chi connectivity index (χ4n) is 1.12. The molecule has 17 heavy (non-hydrogen) atoms. The molecule has 6 heteroatoms. The first-order valence-electron chi connectivity index (χ1n) is 5.21. The molecular formula is C11H17NO5. The summed E-state index contributed by atoms with van der Waals surface area (Å²) in [6.45, 7) is 3.46.